The molecule has 0 fully saturated rings. The van der Waals surface area contributed by atoms with E-state index in [1.54, 1.807) is 12.1 Å². The summed E-state index contributed by atoms with van der Waals surface area (Å²) in [6, 6.07) is 16.6. The lowest BCUT2D eigenvalue weighted by atomic mass is 9.68. The van der Waals surface area contributed by atoms with Crippen LogP contribution in [0.5, 0.6) is 0 Å². The maximum atomic E-state index is 13.4. The summed E-state index contributed by atoms with van der Waals surface area (Å²) < 4.78 is 0. The van der Waals surface area contributed by atoms with Crippen LogP contribution in [0.2, 0.25) is 5.02 Å². The summed E-state index contributed by atoms with van der Waals surface area (Å²) in [5.41, 5.74) is 15.4. The summed E-state index contributed by atoms with van der Waals surface area (Å²) >= 11 is 6.07. The number of hydrogen-bond acceptors (Lipinski definition) is 4. The number of benzene rings is 2. The average Bonchev–Trinajstić information content (AvgIpc) is 2.67. The zero-order valence-corrected chi connectivity index (χ0v) is 17.7. The second kappa shape index (κ2) is 7.33. The van der Waals surface area contributed by atoms with Crippen LogP contribution in [-0.4, -0.2) is 11.7 Å². The van der Waals surface area contributed by atoms with Gasteiger partial charge in [0.15, 0.2) is 5.78 Å². The number of rotatable bonds is 3. The normalized spacial score (nSPS) is 21.0. The minimum absolute atomic E-state index is 0.00776. The lowest BCUT2D eigenvalue weighted by Crippen LogP contribution is -2.44. The monoisotopic (exact) mass is 421 g/mol. The van der Waals surface area contributed by atoms with Gasteiger partial charge < -0.3 is 11.5 Å². The summed E-state index contributed by atoms with van der Waals surface area (Å²) in [7, 11) is 0. The smallest absolute Gasteiger partial charge is 0.249 e. The first-order valence-electron chi connectivity index (χ1n) is 9.86. The first-order valence-corrected chi connectivity index (χ1v) is 10.2. The predicted octanol–water partition coefficient (Wildman–Crippen LogP) is 4.24. The molecular formula is C24H24ClN3O2. The Morgan fingerprint density at radius 2 is 1.70 bits per heavy atom. The highest BCUT2D eigenvalue weighted by molar-refractivity contribution is 6.30. The first kappa shape index (κ1) is 20.2. The van der Waals surface area contributed by atoms with Gasteiger partial charge in [-0.2, -0.15) is 0 Å². The van der Waals surface area contributed by atoms with Crippen molar-refractivity contribution in [3.05, 3.63) is 87.8 Å². The highest BCUT2D eigenvalue weighted by atomic mass is 35.5. The van der Waals surface area contributed by atoms with E-state index in [1.807, 2.05) is 47.4 Å². The van der Waals surface area contributed by atoms with E-state index in [1.165, 1.54) is 0 Å². The third-order valence-corrected chi connectivity index (χ3v) is 6.00. The van der Waals surface area contributed by atoms with Gasteiger partial charge in [-0.1, -0.05) is 55.8 Å². The molecule has 1 aliphatic heterocycles. The maximum Gasteiger partial charge on any atom is 0.249 e. The van der Waals surface area contributed by atoms with Crippen molar-refractivity contribution in [1.82, 2.24) is 0 Å². The van der Waals surface area contributed by atoms with E-state index in [0.29, 0.717) is 23.4 Å². The average molecular weight is 422 g/mol. The number of allylic oxidation sites excluding steroid dienone is 2. The molecule has 2 aliphatic rings. The van der Waals surface area contributed by atoms with Crippen molar-refractivity contribution in [1.29, 1.82) is 0 Å². The molecule has 2 aromatic carbocycles. The van der Waals surface area contributed by atoms with E-state index in [0.717, 1.165) is 16.9 Å². The molecule has 2 aromatic rings. The summed E-state index contributed by atoms with van der Waals surface area (Å²) in [6.45, 7) is 4.14. The van der Waals surface area contributed by atoms with E-state index in [-0.39, 0.29) is 22.6 Å². The Morgan fingerprint density at radius 1 is 1.07 bits per heavy atom. The molecule has 0 bridgehead atoms. The van der Waals surface area contributed by atoms with Crippen LogP contribution in [0.15, 0.2) is 77.3 Å². The first-order chi connectivity index (χ1) is 14.2. The molecule has 0 spiro atoms. The Labute approximate surface area is 181 Å². The lowest BCUT2D eigenvalue weighted by Gasteiger charge is -2.44. The highest BCUT2D eigenvalue weighted by Gasteiger charge is 2.45. The molecule has 1 amide bonds. The fourth-order valence-electron chi connectivity index (χ4n) is 4.52. The molecule has 30 heavy (non-hydrogen) atoms. The van der Waals surface area contributed by atoms with Gasteiger partial charge in [0.1, 0.15) is 5.82 Å². The SMILES string of the molecule is CC1(C)CC(=O)C2=C(C1)N(c1ccccc1)C(N)=C(C(N)=O)[C@@H]2c1ccc(Cl)cc1. The quantitative estimate of drug-likeness (QED) is 0.775. The molecule has 154 valence electrons. The van der Waals surface area contributed by atoms with Gasteiger partial charge in [-0.05, 0) is 41.7 Å². The number of amides is 1. The summed E-state index contributed by atoms with van der Waals surface area (Å²) in [6.07, 6.45) is 1.05. The standard InChI is InChI=1S/C24H24ClN3O2/c1-24(2)12-17-20(18(29)13-24)19(14-8-10-15(25)11-9-14)21(23(27)30)22(26)28(17)16-6-4-3-5-7-16/h3-11,19H,12-13,26H2,1-2H3,(H2,27,30)/t19-/m1/s1. The van der Waals surface area contributed by atoms with Crippen molar-refractivity contribution in [3.8, 4) is 0 Å². The number of Topliss-reactive ketones (excluding diaryl/α,β-unsaturated/α-hetero) is 1. The van der Waals surface area contributed by atoms with Gasteiger partial charge in [0, 0.05) is 34.3 Å². The zero-order valence-electron chi connectivity index (χ0n) is 17.0. The molecule has 4 rings (SSSR count). The Kier molecular flexibility index (Phi) is 4.94. The predicted molar refractivity (Wildman–Crippen MR) is 119 cm³/mol. The number of halogens is 1. The van der Waals surface area contributed by atoms with Crippen molar-refractivity contribution >= 4 is 29.0 Å². The Morgan fingerprint density at radius 3 is 2.30 bits per heavy atom. The zero-order chi connectivity index (χ0) is 21.6. The largest absolute Gasteiger partial charge is 0.384 e. The van der Waals surface area contributed by atoms with Gasteiger partial charge >= 0.3 is 0 Å². The molecule has 0 saturated carbocycles. The molecule has 6 heteroatoms. The molecule has 0 radical (unpaired) electrons. The van der Waals surface area contributed by atoms with Gasteiger partial charge in [0.25, 0.3) is 0 Å². The fourth-order valence-corrected chi connectivity index (χ4v) is 4.64. The number of carbonyl (C=O) groups excluding carboxylic acids is 2. The number of nitrogens with zero attached hydrogens (tertiary/aromatic N) is 1. The van der Waals surface area contributed by atoms with Crippen molar-refractivity contribution in [2.45, 2.75) is 32.6 Å². The maximum absolute atomic E-state index is 13.4. The molecule has 1 aliphatic carbocycles. The number of nitrogens with two attached hydrogens (primary N) is 2. The molecule has 0 aromatic heterocycles. The summed E-state index contributed by atoms with van der Waals surface area (Å²) in [5, 5.41) is 0.573. The Hall–Kier alpha value is -3.05. The van der Waals surface area contributed by atoms with Gasteiger partial charge in [0.2, 0.25) is 5.91 Å². The second-order valence-electron chi connectivity index (χ2n) is 8.62. The molecular weight excluding hydrogens is 398 g/mol. The van der Waals surface area contributed by atoms with E-state index in [2.05, 4.69) is 13.8 Å². The fraction of sp³-hybridized carbons (Fsp3) is 0.250. The van der Waals surface area contributed by atoms with Gasteiger partial charge in [0.05, 0.1) is 5.57 Å². The Bertz CT molecular complexity index is 1090. The second-order valence-corrected chi connectivity index (χ2v) is 9.06. The minimum atomic E-state index is -0.641. The number of primary amides is 1. The van der Waals surface area contributed by atoms with E-state index < -0.39 is 11.8 Å². The van der Waals surface area contributed by atoms with Crippen LogP contribution in [0.4, 0.5) is 5.69 Å². The van der Waals surface area contributed by atoms with Crippen LogP contribution in [0.3, 0.4) is 0 Å². The topological polar surface area (TPSA) is 89.4 Å². The molecule has 1 atom stereocenters. The van der Waals surface area contributed by atoms with Crippen molar-refractivity contribution in [2.24, 2.45) is 16.9 Å². The third-order valence-electron chi connectivity index (χ3n) is 5.74. The van der Waals surface area contributed by atoms with Crippen LogP contribution in [0.1, 0.15) is 38.2 Å². The number of carbonyl (C=O) groups is 2. The number of hydrogen-bond donors (Lipinski definition) is 2. The van der Waals surface area contributed by atoms with Crippen molar-refractivity contribution < 1.29 is 9.59 Å². The van der Waals surface area contributed by atoms with E-state index >= 15 is 0 Å². The van der Waals surface area contributed by atoms with Crippen LogP contribution in [0.25, 0.3) is 0 Å². The number of para-hydroxylation sites is 1. The lowest BCUT2D eigenvalue weighted by molar-refractivity contribution is -0.118. The van der Waals surface area contributed by atoms with Crippen LogP contribution < -0.4 is 16.4 Å². The van der Waals surface area contributed by atoms with Gasteiger partial charge in [-0.15, -0.1) is 0 Å². The Balaban J connectivity index is 2.02. The summed E-state index contributed by atoms with van der Waals surface area (Å²) in [4.78, 5) is 27.8. The molecule has 4 N–H and O–H groups in total. The van der Waals surface area contributed by atoms with Crippen molar-refractivity contribution in [2.75, 3.05) is 4.90 Å². The van der Waals surface area contributed by atoms with E-state index in [4.69, 9.17) is 23.1 Å². The summed E-state index contributed by atoms with van der Waals surface area (Å²) in [5.74, 6) is -0.984. The van der Waals surface area contributed by atoms with Crippen molar-refractivity contribution in [3.63, 3.8) is 0 Å². The molecule has 0 saturated heterocycles. The molecule has 1 heterocycles. The molecule has 5 nitrogen and oxygen atoms in total. The third kappa shape index (κ3) is 3.39. The number of ketones is 1. The molecule has 0 unspecified atom stereocenters. The highest BCUT2D eigenvalue weighted by Crippen LogP contribution is 2.50. The minimum Gasteiger partial charge on any atom is -0.384 e. The van der Waals surface area contributed by atoms with Crippen LogP contribution >= 0.6 is 11.6 Å². The van der Waals surface area contributed by atoms with Crippen LogP contribution in [-0.2, 0) is 9.59 Å². The van der Waals surface area contributed by atoms with Gasteiger partial charge in [-0.3, -0.25) is 14.5 Å². The van der Waals surface area contributed by atoms with E-state index in [9.17, 15) is 9.59 Å². The van der Waals surface area contributed by atoms with Gasteiger partial charge in [-0.25, -0.2) is 0 Å². The van der Waals surface area contributed by atoms with Crippen LogP contribution in [0, 0.1) is 5.41 Å². The number of anilines is 1.